The molecule has 0 aliphatic carbocycles. The smallest absolute Gasteiger partial charge is 0.328 e. The maximum Gasteiger partial charge on any atom is 0.328 e. The summed E-state index contributed by atoms with van der Waals surface area (Å²) in [6, 6.07) is 4.02. The van der Waals surface area contributed by atoms with Crippen LogP contribution in [-0.2, 0) is 17.9 Å². The molecule has 2 aromatic rings. The molecule has 6 nitrogen and oxygen atoms in total. The molecule has 21 heavy (non-hydrogen) atoms. The Morgan fingerprint density at radius 3 is 2.48 bits per heavy atom. The van der Waals surface area contributed by atoms with Crippen molar-refractivity contribution in [3.8, 4) is 0 Å². The SMILES string of the molecule is O=C(Cn1ccc(=O)[nH]c1=O)NCc1cc(F)cc(F)c1. The van der Waals surface area contributed by atoms with Gasteiger partial charge in [-0.2, -0.15) is 0 Å². The first-order valence-electron chi connectivity index (χ1n) is 5.95. The van der Waals surface area contributed by atoms with Crippen LogP contribution in [0.3, 0.4) is 0 Å². The van der Waals surface area contributed by atoms with Gasteiger partial charge in [0.15, 0.2) is 0 Å². The van der Waals surface area contributed by atoms with Gasteiger partial charge in [0, 0.05) is 24.9 Å². The van der Waals surface area contributed by atoms with E-state index in [1.165, 1.54) is 6.20 Å². The third-order valence-corrected chi connectivity index (χ3v) is 2.62. The second kappa shape index (κ2) is 6.12. The Balaban J connectivity index is 1.99. The van der Waals surface area contributed by atoms with E-state index < -0.39 is 28.8 Å². The number of aromatic nitrogens is 2. The molecule has 0 fully saturated rings. The molecule has 0 bridgehead atoms. The lowest BCUT2D eigenvalue weighted by Gasteiger charge is -2.07. The summed E-state index contributed by atoms with van der Waals surface area (Å²) in [6.45, 7) is -0.390. The second-order valence-corrected chi connectivity index (χ2v) is 4.29. The third kappa shape index (κ3) is 4.10. The lowest BCUT2D eigenvalue weighted by atomic mass is 10.2. The number of hydrogen-bond donors (Lipinski definition) is 2. The molecule has 0 aliphatic rings. The Labute approximate surface area is 117 Å². The number of carbonyl (C=O) groups excluding carboxylic acids is 1. The van der Waals surface area contributed by atoms with Crippen LogP contribution < -0.4 is 16.6 Å². The Kier molecular flexibility index (Phi) is 4.27. The Bertz CT molecular complexity index is 762. The Morgan fingerprint density at radius 2 is 1.86 bits per heavy atom. The second-order valence-electron chi connectivity index (χ2n) is 4.29. The van der Waals surface area contributed by atoms with Crippen molar-refractivity contribution < 1.29 is 13.6 Å². The Hall–Kier alpha value is -2.77. The van der Waals surface area contributed by atoms with Crippen LogP contribution in [0, 0.1) is 11.6 Å². The summed E-state index contributed by atoms with van der Waals surface area (Å²) in [5.41, 5.74) is -1.02. The van der Waals surface area contributed by atoms with Gasteiger partial charge in [0.2, 0.25) is 5.91 Å². The highest BCUT2D eigenvalue weighted by atomic mass is 19.1. The topological polar surface area (TPSA) is 84.0 Å². The van der Waals surface area contributed by atoms with E-state index >= 15 is 0 Å². The first kappa shape index (κ1) is 14.6. The van der Waals surface area contributed by atoms with E-state index in [0.717, 1.165) is 28.8 Å². The van der Waals surface area contributed by atoms with Crippen molar-refractivity contribution in [2.24, 2.45) is 0 Å². The van der Waals surface area contributed by atoms with Crippen LogP contribution in [0.25, 0.3) is 0 Å². The average Bonchev–Trinajstić information content (AvgIpc) is 2.39. The summed E-state index contributed by atoms with van der Waals surface area (Å²) in [6.07, 6.45) is 1.18. The largest absolute Gasteiger partial charge is 0.350 e. The molecule has 1 aromatic carbocycles. The molecular weight excluding hydrogens is 284 g/mol. The number of aromatic amines is 1. The van der Waals surface area contributed by atoms with Crippen LogP contribution in [0.4, 0.5) is 8.78 Å². The van der Waals surface area contributed by atoms with E-state index in [1.54, 1.807) is 0 Å². The predicted molar refractivity (Wildman–Crippen MR) is 69.5 cm³/mol. The molecule has 0 unspecified atom stereocenters. The van der Waals surface area contributed by atoms with Gasteiger partial charge in [-0.05, 0) is 17.7 Å². The minimum atomic E-state index is -0.740. The van der Waals surface area contributed by atoms with E-state index in [9.17, 15) is 23.2 Å². The lowest BCUT2D eigenvalue weighted by molar-refractivity contribution is -0.121. The number of amides is 1. The fourth-order valence-corrected chi connectivity index (χ4v) is 1.69. The molecule has 1 aromatic heterocycles. The summed E-state index contributed by atoms with van der Waals surface area (Å²) < 4.78 is 26.9. The predicted octanol–water partition coefficient (Wildman–Crippen LogP) is 0.131. The highest BCUT2D eigenvalue weighted by molar-refractivity contribution is 5.75. The van der Waals surface area contributed by atoms with E-state index in [2.05, 4.69) is 5.32 Å². The number of nitrogens with one attached hydrogen (secondary N) is 2. The molecule has 0 saturated carbocycles. The number of halogens is 2. The van der Waals surface area contributed by atoms with Gasteiger partial charge in [-0.15, -0.1) is 0 Å². The zero-order valence-corrected chi connectivity index (χ0v) is 10.7. The van der Waals surface area contributed by atoms with Crippen molar-refractivity contribution >= 4 is 5.91 Å². The van der Waals surface area contributed by atoms with Gasteiger partial charge >= 0.3 is 5.69 Å². The maximum absolute atomic E-state index is 13.0. The lowest BCUT2D eigenvalue weighted by Crippen LogP contribution is -2.35. The van der Waals surface area contributed by atoms with E-state index in [1.807, 2.05) is 4.98 Å². The van der Waals surface area contributed by atoms with Gasteiger partial charge < -0.3 is 5.32 Å². The van der Waals surface area contributed by atoms with Crippen molar-refractivity contribution in [1.82, 2.24) is 14.9 Å². The van der Waals surface area contributed by atoms with E-state index in [-0.39, 0.29) is 18.7 Å². The number of carbonyl (C=O) groups is 1. The molecule has 0 saturated heterocycles. The average molecular weight is 295 g/mol. The van der Waals surface area contributed by atoms with Gasteiger partial charge in [-0.1, -0.05) is 0 Å². The summed E-state index contributed by atoms with van der Waals surface area (Å²) in [7, 11) is 0. The first-order valence-corrected chi connectivity index (χ1v) is 5.95. The number of benzene rings is 1. The van der Waals surface area contributed by atoms with Gasteiger partial charge in [-0.3, -0.25) is 19.1 Å². The van der Waals surface area contributed by atoms with E-state index in [4.69, 9.17) is 0 Å². The van der Waals surface area contributed by atoms with Crippen LogP contribution in [-0.4, -0.2) is 15.5 Å². The van der Waals surface area contributed by atoms with Crippen molar-refractivity contribution in [2.45, 2.75) is 13.1 Å². The quantitative estimate of drug-likeness (QED) is 0.841. The summed E-state index contributed by atoms with van der Waals surface area (Å²) >= 11 is 0. The standard InChI is InChI=1S/C13H11F2N3O3/c14-9-3-8(4-10(15)5-9)6-16-12(20)7-18-2-1-11(19)17-13(18)21/h1-5H,6-7H2,(H,16,20)(H,17,19,21). The molecule has 110 valence electrons. The zero-order valence-electron chi connectivity index (χ0n) is 10.7. The summed E-state index contributed by atoms with van der Waals surface area (Å²) in [5.74, 6) is -2.01. The van der Waals surface area contributed by atoms with Crippen LogP contribution in [0.5, 0.6) is 0 Å². The maximum atomic E-state index is 13.0. The summed E-state index contributed by atoms with van der Waals surface area (Å²) in [5, 5.41) is 2.42. The summed E-state index contributed by atoms with van der Waals surface area (Å²) in [4.78, 5) is 35.9. The van der Waals surface area contributed by atoms with Crippen molar-refractivity contribution in [2.75, 3.05) is 0 Å². The number of nitrogens with zero attached hydrogens (tertiary/aromatic N) is 1. The van der Waals surface area contributed by atoms with Gasteiger partial charge in [-0.25, -0.2) is 13.6 Å². The molecule has 0 aliphatic heterocycles. The van der Waals surface area contributed by atoms with Crippen molar-refractivity contribution in [1.29, 1.82) is 0 Å². The van der Waals surface area contributed by atoms with Crippen molar-refractivity contribution in [3.63, 3.8) is 0 Å². The molecular formula is C13H11F2N3O3. The number of H-pyrrole nitrogens is 1. The normalized spacial score (nSPS) is 10.4. The molecule has 0 spiro atoms. The van der Waals surface area contributed by atoms with Crippen LogP contribution in [0.1, 0.15) is 5.56 Å². The molecule has 2 N–H and O–H groups in total. The van der Waals surface area contributed by atoms with Gasteiger partial charge in [0.05, 0.1) is 0 Å². The molecule has 0 radical (unpaired) electrons. The fourth-order valence-electron chi connectivity index (χ4n) is 1.69. The fraction of sp³-hybridized carbons (Fsp3) is 0.154. The molecule has 0 atom stereocenters. The monoisotopic (exact) mass is 295 g/mol. The van der Waals surface area contributed by atoms with Gasteiger partial charge in [0.1, 0.15) is 18.2 Å². The highest BCUT2D eigenvalue weighted by Crippen LogP contribution is 2.07. The molecule has 1 amide bonds. The minimum absolute atomic E-state index is 0.0778. The van der Waals surface area contributed by atoms with Crippen molar-refractivity contribution in [3.05, 3.63) is 68.5 Å². The third-order valence-electron chi connectivity index (χ3n) is 2.62. The van der Waals surface area contributed by atoms with E-state index in [0.29, 0.717) is 0 Å². The first-order chi connectivity index (χ1) is 9.94. The van der Waals surface area contributed by atoms with Crippen LogP contribution >= 0.6 is 0 Å². The molecule has 2 rings (SSSR count). The Morgan fingerprint density at radius 1 is 1.19 bits per heavy atom. The van der Waals surface area contributed by atoms with Crippen LogP contribution in [0.15, 0.2) is 40.1 Å². The highest BCUT2D eigenvalue weighted by Gasteiger charge is 2.06. The van der Waals surface area contributed by atoms with Gasteiger partial charge in [0.25, 0.3) is 5.56 Å². The molecule has 1 heterocycles. The zero-order chi connectivity index (χ0) is 15.4. The number of hydrogen-bond acceptors (Lipinski definition) is 3. The molecule has 8 heteroatoms. The number of rotatable bonds is 4. The van der Waals surface area contributed by atoms with Crippen LogP contribution in [0.2, 0.25) is 0 Å². The minimum Gasteiger partial charge on any atom is -0.350 e.